The summed E-state index contributed by atoms with van der Waals surface area (Å²) in [5.41, 5.74) is 4.19. The molecule has 37 heavy (non-hydrogen) atoms. The van der Waals surface area contributed by atoms with Crippen molar-refractivity contribution in [3.63, 3.8) is 0 Å². The predicted molar refractivity (Wildman–Crippen MR) is 127 cm³/mol. The number of nitrogens with zero attached hydrogens (tertiary/aromatic N) is 4. The zero-order valence-corrected chi connectivity index (χ0v) is 20.9. The minimum Gasteiger partial charge on any atom is -0.496 e. The fraction of sp³-hybridized carbons (Fsp3) is 0.409. The molecular weight excluding hydrogens is 521 g/mol. The molecular formula is C22H24ClF3N6O5. The first-order valence-corrected chi connectivity index (χ1v) is 11.2. The fourth-order valence-corrected chi connectivity index (χ4v) is 4.12. The molecule has 1 aliphatic heterocycles. The van der Waals surface area contributed by atoms with E-state index in [1.54, 1.807) is 18.3 Å². The van der Waals surface area contributed by atoms with Crippen LogP contribution < -0.4 is 10.1 Å². The van der Waals surface area contributed by atoms with Crippen LogP contribution in [0.3, 0.4) is 0 Å². The van der Waals surface area contributed by atoms with E-state index in [1.165, 1.54) is 13.4 Å². The lowest BCUT2D eigenvalue weighted by atomic mass is 9.85. The number of carboxylic acid groups (broad SMARTS) is 1. The summed E-state index contributed by atoms with van der Waals surface area (Å²) in [6.07, 6.45) is -2.34. The highest BCUT2D eigenvalue weighted by Gasteiger charge is 2.38. The van der Waals surface area contributed by atoms with Crippen molar-refractivity contribution in [3.8, 4) is 5.75 Å². The van der Waals surface area contributed by atoms with Crippen LogP contribution in [0.1, 0.15) is 35.6 Å². The molecule has 0 bridgehead atoms. The molecule has 0 aliphatic carbocycles. The number of fused-ring (bicyclic) bond motifs is 1. The lowest BCUT2D eigenvalue weighted by Gasteiger charge is -2.40. The number of aromatic amines is 1. The van der Waals surface area contributed by atoms with Gasteiger partial charge in [-0.3, -0.25) is 0 Å². The first-order valence-electron chi connectivity index (χ1n) is 10.8. The van der Waals surface area contributed by atoms with Crippen molar-refractivity contribution < 1.29 is 37.3 Å². The number of carboxylic acids is 1. The van der Waals surface area contributed by atoms with Gasteiger partial charge in [0, 0.05) is 35.2 Å². The predicted octanol–water partition coefficient (Wildman–Crippen LogP) is 4.30. The summed E-state index contributed by atoms with van der Waals surface area (Å²) in [5.74, 6) is -1.25. The number of methoxy groups -OCH3 is 2. The number of likely N-dealkylation sites (tertiary alicyclic amines) is 1. The Morgan fingerprint density at radius 3 is 2.49 bits per heavy atom. The third kappa shape index (κ3) is 5.96. The number of anilines is 1. The van der Waals surface area contributed by atoms with E-state index < -0.39 is 12.1 Å². The van der Waals surface area contributed by atoms with E-state index >= 15 is 0 Å². The average molecular weight is 545 g/mol. The molecule has 1 amide bonds. The maximum absolute atomic E-state index is 11.8. The van der Waals surface area contributed by atoms with E-state index in [2.05, 4.69) is 25.3 Å². The Kier molecular flexibility index (Phi) is 8.31. The highest BCUT2D eigenvalue weighted by Crippen LogP contribution is 2.43. The van der Waals surface area contributed by atoms with Crippen LogP contribution in [0.2, 0.25) is 5.02 Å². The molecule has 2 aromatic heterocycles. The molecule has 3 heterocycles. The highest BCUT2D eigenvalue weighted by atomic mass is 35.5. The van der Waals surface area contributed by atoms with Crippen molar-refractivity contribution >= 4 is 40.6 Å². The molecule has 1 fully saturated rings. The Balaban J connectivity index is 0.000000479. The Morgan fingerprint density at radius 2 is 1.92 bits per heavy atom. The second kappa shape index (κ2) is 11.1. The topological polar surface area (TPSA) is 143 Å². The van der Waals surface area contributed by atoms with E-state index in [0.29, 0.717) is 35.1 Å². The number of benzene rings is 1. The number of carbonyl (C=O) groups is 2. The number of aliphatic carboxylic acids is 1. The van der Waals surface area contributed by atoms with Gasteiger partial charge in [-0.15, -0.1) is 0 Å². The monoisotopic (exact) mass is 544 g/mol. The Labute approximate surface area is 214 Å². The van der Waals surface area contributed by atoms with Gasteiger partial charge in [-0.2, -0.15) is 13.2 Å². The molecule has 1 saturated heterocycles. The quantitative estimate of drug-likeness (QED) is 0.428. The minimum atomic E-state index is -5.08. The molecule has 0 saturated carbocycles. The van der Waals surface area contributed by atoms with Crippen molar-refractivity contribution in [1.82, 2.24) is 24.8 Å². The molecule has 200 valence electrons. The molecule has 15 heteroatoms. The SMILES string of the molecule is COC(=O)N1CC(c2c(C)c(Cl)cc(C(C)Nc3ncnc4[nH]cnc34)c2OC)C1.O=C(O)C(F)(F)F. The first kappa shape index (κ1) is 27.8. The van der Waals surface area contributed by atoms with Gasteiger partial charge < -0.3 is 29.8 Å². The summed E-state index contributed by atoms with van der Waals surface area (Å²) in [7, 11) is 3.03. The van der Waals surface area contributed by atoms with E-state index in [4.69, 9.17) is 31.0 Å². The Morgan fingerprint density at radius 1 is 1.27 bits per heavy atom. The lowest BCUT2D eigenvalue weighted by molar-refractivity contribution is -0.192. The van der Waals surface area contributed by atoms with E-state index in [1.807, 2.05) is 19.9 Å². The first-order chi connectivity index (χ1) is 17.4. The number of amides is 1. The van der Waals surface area contributed by atoms with Gasteiger partial charge in [0.15, 0.2) is 11.5 Å². The molecule has 0 spiro atoms. The van der Waals surface area contributed by atoms with Crippen LogP contribution in [0.15, 0.2) is 18.7 Å². The molecule has 1 atom stereocenters. The third-order valence-corrected chi connectivity index (χ3v) is 6.15. The van der Waals surface area contributed by atoms with E-state index in [9.17, 15) is 18.0 Å². The number of H-pyrrole nitrogens is 1. The summed E-state index contributed by atoms with van der Waals surface area (Å²) >= 11 is 6.59. The molecule has 3 aromatic rings. The van der Waals surface area contributed by atoms with Crippen LogP contribution in [0.5, 0.6) is 5.75 Å². The van der Waals surface area contributed by atoms with Crippen molar-refractivity contribution in [3.05, 3.63) is 40.4 Å². The zero-order chi connectivity index (χ0) is 27.5. The average Bonchev–Trinajstić information content (AvgIpc) is 3.30. The summed E-state index contributed by atoms with van der Waals surface area (Å²) in [6, 6.07) is 1.75. The van der Waals surface area contributed by atoms with E-state index in [0.717, 1.165) is 22.4 Å². The summed E-state index contributed by atoms with van der Waals surface area (Å²) in [6.45, 7) is 5.10. The zero-order valence-electron chi connectivity index (χ0n) is 20.2. The van der Waals surface area contributed by atoms with Gasteiger partial charge >= 0.3 is 18.2 Å². The van der Waals surface area contributed by atoms with Crippen molar-refractivity contribution in [1.29, 1.82) is 0 Å². The molecule has 3 N–H and O–H groups in total. The number of halogens is 4. The number of alkyl halides is 3. The van der Waals surface area contributed by atoms with Gasteiger partial charge in [-0.05, 0) is 25.5 Å². The minimum absolute atomic E-state index is 0.126. The van der Waals surface area contributed by atoms with Gasteiger partial charge in [0.05, 0.1) is 26.6 Å². The molecule has 11 nitrogen and oxygen atoms in total. The molecule has 1 aliphatic rings. The number of hydrogen-bond donors (Lipinski definition) is 3. The van der Waals surface area contributed by atoms with E-state index in [-0.39, 0.29) is 18.1 Å². The maximum atomic E-state index is 11.8. The fourth-order valence-electron chi connectivity index (χ4n) is 3.90. The lowest BCUT2D eigenvalue weighted by Crippen LogP contribution is -2.48. The smallest absolute Gasteiger partial charge is 0.490 e. The van der Waals surface area contributed by atoms with Crippen LogP contribution in [-0.2, 0) is 9.53 Å². The number of rotatable bonds is 5. The molecule has 4 rings (SSSR count). The summed E-state index contributed by atoms with van der Waals surface area (Å²) < 4.78 is 42.4. The normalized spacial score (nSPS) is 14.3. The largest absolute Gasteiger partial charge is 0.496 e. The van der Waals surface area contributed by atoms with Gasteiger partial charge in [-0.25, -0.2) is 24.5 Å². The summed E-state index contributed by atoms with van der Waals surface area (Å²) in [5, 5.41) is 11.2. The second-order valence-corrected chi connectivity index (χ2v) is 8.49. The standard InChI is InChI=1S/C20H23ClN6O3.C2HF3O2/c1-10-14(21)5-13(11(2)26-19-16-18(23-8-22-16)24-9-25-19)17(29-3)15(10)12-6-27(7-12)20(28)30-4;3-2(4,5)1(6)7/h5,8-9,11-12H,6-7H2,1-4H3,(H2,22,23,24,25,26);(H,6,7). The molecule has 0 radical (unpaired) electrons. The number of aromatic nitrogens is 4. The van der Waals surface area contributed by atoms with Crippen LogP contribution in [0, 0.1) is 6.92 Å². The van der Waals surface area contributed by atoms with Gasteiger partial charge in [0.2, 0.25) is 0 Å². The molecule has 1 unspecified atom stereocenters. The second-order valence-electron chi connectivity index (χ2n) is 8.08. The number of imidazole rings is 1. The van der Waals surface area contributed by atoms with Crippen LogP contribution in [0.25, 0.3) is 11.2 Å². The Hall–Kier alpha value is -3.81. The number of carbonyl (C=O) groups excluding carboxylic acids is 1. The molecule has 1 aromatic carbocycles. The summed E-state index contributed by atoms with van der Waals surface area (Å²) in [4.78, 5) is 38.1. The van der Waals surface area contributed by atoms with Crippen molar-refractivity contribution in [2.24, 2.45) is 0 Å². The van der Waals surface area contributed by atoms with Crippen molar-refractivity contribution in [2.75, 3.05) is 32.6 Å². The van der Waals surface area contributed by atoms with Gasteiger partial charge in [0.1, 0.15) is 17.6 Å². The number of ether oxygens (including phenoxy) is 2. The third-order valence-electron chi connectivity index (χ3n) is 5.76. The van der Waals surface area contributed by atoms with Crippen LogP contribution in [-0.4, -0.2) is 75.5 Å². The van der Waals surface area contributed by atoms with Crippen molar-refractivity contribution in [2.45, 2.75) is 32.0 Å². The van der Waals surface area contributed by atoms with Crippen LogP contribution >= 0.6 is 11.6 Å². The Bertz CT molecular complexity index is 1300. The van der Waals surface area contributed by atoms with Gasteiger partial charge in [0.25, 0.3) is 0 Å². The maximum Gasteiger partial charge on any atom is 0.490 e. The number of nitrogens with one attached hydrogen (secondary N) is 2. The highest BCUT2D eigenvalue weighted by molar-refractivity contribution is 6.31. The van der Waals surface area contributed by atoms with Crippen LogP contribution in [0.4, 0.5) is 23.8 Å². The number of hydrogen-bond acceptors (Lipinski definition) is 8. The van der Waals surface area contributed by atoms with Gasteiger partial charge in [-0.1, -0.05) is 11.6 Å².